The zero-order valence-electron chi connectivity index (χ0n) is 18.1. The molecule has 2 aromatic carbocycles. The summed E-state index contributed by atoms with van der Waals surface area (Å²) < 4.78 is 5.73. The Morgan fingerprint density at radius 2 is 1.72 bits per heavy atom. The van der Waals surface area contributed by atoms with Gasteiger partial charge in [0.2, 0.25) is 5.91 Å². The SMILES string of the molecule is CC[C@H](C)NC(=O)[C@@H](C)N(Cc1ccccc1)C(=O)COc1ccc(C)c(C)c1. The van der Waals surface area contributed by atoms with Gasteiger partial charge in [-0.1, -0.05) is 43.3 Å². The van der Waals surface area contributed by atoms with Gasteiger partial charge in [-0.05, 0) is 62.9 Å². The van der Waals surface area contributed by atoms with Gasteiger partial charge in [-0.15, -0.1) is 0 Å². The molecule has 1 N–H and O–H groups in total. The zero-order chi connectivity index (χ0) is 21.4. The predicted molar refractivity (Wildman–Crippen MR) is 116 cm³/mol. The minimum absolute atomic E-state index is 0.0606. The molecule has 156 valence electrons. The molecule has 0 aliphatic carbocycles. The van der Waals surface area contributed by atoms with E-state index in [9.17, 15) is 9.59 Å². The number of hydrogen-bond acceptors (Lipinski definition) is 3. The van der Waals surface area contributed by atoms with Gasteiger partial charge in [-0.2, -0.15) is 0 Å². The van der Waals surface area contributed by atoms with Gasteiger partial charge in [0.15, 0.2) is 6.61 Å². The summed E-state index contributed by atoms with van der Waals surface area (Å²) in [5.74, 6) is 0.270. The normalized spacial score (nSPS) is 12.7. The first-order valence-electron chi connectivity index (χ1n) is 10.2. The molecule has 29 heavy (non-hydrogen) atoms. The van der Waals surface area contributed by atoms with Gasteiger partial charge in [0.1, 0.15) is 11.8 Å². The third-order valence-electron chi connectivity index (χ3n) is 5.20. The summed E-state index contributed by atoms with van der Waals surface area (Å²) in [4.78, 5) is 27.2. The molecule has 2 aromatic rings. The number of rotatable bonds is 9. The second-order valence-corrected chi connectivity index (χ2v) is 7.54. The first kappa shape index (κ1) is 22.5. The molecule has 2 amide bonds. The number of nitrogens with zero attached hydrogens (tertiary/aromatic N) is 1. The lowest BCUT2D eigenvalue weighted by Gasteiger charge is -2.29. The fourth-order valence-electron chi connectivity index (χ4n) is 2.86. The average molecular weight is 397 g/mol. The topological polar surface area (TPSA) is 58.6 Å². The number of benzene rings is 2. The summed E-state index contributed by atoms with van der Waals surface area (Å²) in [7, 11) is 0. The van der Waals surface area contributed by atoms with E-state index < -0.39 is 6.04 Å². The van der Waals surface area contributed by atoms with Crippen LogP contribution in [0.5, 0.6) is 5.75 Å². The molecule has 0 spiro atoms. The Kier molecular flexibility index (Phi) is 8.25. The molecule has 2 atom stereocenters. The molecule has 0 radical (unpaired) electrons. The number of aryl methyl sites for hydroxylation is 2. The van der Waals surface area contributed by atoms with Crippen molar-refractivity contribution < 1.29 is 14.3 Å². The minimum atomic E-state index is -0.597. The molecule has 5 heteroatoms. The monoisotopic (exact) mass is 396 g/mol. The first-order valence-corrected chi connectivity index (χ1v) is 10.2. The van der Waals surface area contributed by atoms with Crippen LogP contribution in [0.3, 0.4) is 0 Å². The number of carbonyl (C=O) groups is 2. The first-order chi connectivity index (χ1) is 13.8. The summed E-state index contributed by atoms with van der Waals surface area (Å²) in [6, 6.07) is 14.9. The predicted octanol–water partition coefficient (Wildman–Crippen LogP) is 4.01. The molecule has 0 unspecified atom stereocenters. The van der Waals surface area contributed by atoms with Crippen LogP contribution in [0, 0.1) is 13.8 Å². The Balaban J connectivity index is 2.12. The highest BCUT2D eigenvalue weighted by Crippen LogP contribution is 2.17. The van der Waals surface area contributed by atoms with Crippen LogP contribution in [-0.2, 0) is 16.1 Å². The second-order valence-electron chi connectivity index (χ2n) is 7.54. The van der Waals surface area contributed by atoms with Crippen molar-refractivity contribution in [2.45, 2.75) is 59.7 Å². The molecule has 5 nitrogen and oxygen atoms in total. The van der Waals surface area contributed by atoms with Gasteiger partial charge < -0.3 is 15.0 Å². The zero-order valence-corrected chi connectivity index (χ0v) is 18.1. The van der Waals surface area contributed by atoms with Crippen LogP contribution < -0.4 is 10.1 Å². The van der Waals surface area contributed by atoms with Crippen molar-refractivity contribution in [2.24, 2.45) is 0 Å². The molecule has 0 bridgehead atoms. The van der Waals surface area contributed by atoms with Crippen molar-refractivity contribution in [3.05, 3.63) is 65.2 Å². The summed E-state index contributed by atoms with van der Waals surface area (Å²) in [5, 5.41) is 2.96. The molecule has 0 saturated carbocycles. The molecular weight excluding hydrogens is 364 g/mol. The standard InChI is InChI=1S/C24H32N2O3/c1-6-19(4)25-24(28)20(5)26(15-21-10-8-7-9-11-21)23(27)16-29-22-13-12-17(2)18(3)14-22/h7-14,19-20H,6,15-16H2,1-5H3,(H,25,28)/t19-,20+/m0/s1. The van der Waals surface area contributed by atoms with Crippen LogP contribution in [-0.4, -0.2) is 35.4 Å². The highest BCUT2D eigenvalue weighted by molar-refractivity contribution is 5.88. The van der Waals surface area contributed by atoms with Gasteiger partial charge >= 0.3 is 0 Å². The van der Waals surface area contributed by atoms with E-state index in [0.717, 1.165) is 17.5 Å². The number of amides is 2. The van der Waals surface area contributed by atoms with E-state index in [0.29, 0.717) is 12.3 Å². The molecule has 2 rings (SSSR count). The molecule has 0 aliphatic rings. The van der Waals surface area contributed by atoms with Crippen molar-refractivity contribution in [3.63, 3.8) is 0 Å². The minimum Gasteiger partial charge on any atom is -0.484 e. The molecule has 0 saturated heterocycles. The van der Waals surface area contributed by atoms with E-state index in [2.05, 4.69) is 5.32 Å². The van der Waals surface area contributed by atoms with E-state index in [4.69, 9.17) is 4.74 Å². The van der Waals surface area contributed by atoms with Crippen LogP contribution in [0.15, 0.2) is 48.5 Å². The van der Waals surface area contributed by atoms with E-state index in [1.807, 2.05) is 76.2 Å². The van der Waals surface area contributed by atoms with Crippen LogP contribution >= 0.6 is 0 Å². The molecule has 0 aromatic heterocycles. The summed E-state index contributed by atoms with van der Waals surface area (Å²) in [6.07, 6.45) is 0.834. The number of hydrogen-bond donors (Lipinski definition) is 1. The smallest absolute Gasteiger partial charge is 0.261 e. The maximum Gasteiger partial charge on any atom is 0.261 e. The van der Waals surface area contributed by atoms with E-state index in [1.165, 1.54) is 5.56 Å². The number of nitrogens with one attached hydrogen (secondary N) is 1. The van der Waals surface area contributed by atoms with Crippen molar-refractivity contribution in [1.29, 1.82) is 0 Å². The van der Waals surface area contributed by atoms with E-state index >= 15 is 0 Å². The lowest BCUT2D eigenvalue weighted by molar-refractivity contribution is -0.142. The van der Waals surface area contributed by atoms with Gasteiger partial charge in [-0.3, -0.25) is 9.59 Å². The van der Waals surface area contributed by atoms with E-state index in [-0.39, 0.29) is 24.5 Å². The van der Waals surface area contributed by atoms with Crippen molar-refractivity contribution in [2.75, 3.05) is 6.61 Å². The third-order valence-corrected chi connectivity index (χ3v) is 5.20. The third kappa shape index (κ3) is 6.63. The van der Waals surface area contributed by atoms with Crippen LogP contribution in [0.25, 0.3) is 0 Å². The Morgan fingerprint density at radius 1 is 1.03 bits per heavy atom. The van der Waals surface area contributed by atoms with Crippen LogP contribution in [0.2, 0.25) is 0 Å². The van der Waals surface area contributed by atoms with Gasteiger partial charge in [0.25, 0.3) is 5.91 Å². The summed E-state index contributed by atoms with van der Waals surface area (Å²) in [5.41, 5.74) is 3.25. The molecule has 0 fully saturated rings. The van der Waals surface area contributed by atoms with E-state index in [1.54, 1.807) is 11.8 Å². The Morgan fingerprint density at radius 3 is 2.34 bits per heavy atom. The highest BCUT2D eigenvalue weighted by atomic mass is 16.5. The highest BCUT2D eigenvalue weighted by Gasteiger charge is 2.27. The fourth-order valence-corrected chi connectivity index (χ4v) is 2.86. The summed E-state index contributed by atoms with van der Waals surface area (Å²) >= 11 is 0. The van der Waals surface area contributed by atoms with Gasteiger partial charge in [0.05, 0.1) is 0 Å². The van der Waals surface area contributed by atoms with Gasteiger partial charge in [-0.25, -0.2) is 0 Å². The molecular formula is C24H32N2O3. The number of ether oxygens (including phenoxy) is 1. The Hall–Kier alpha value is -2.82. The van der Waals surface area contributed by atoms with Crippen molar-refractivity contribution in [1.82, 2.24) is 10.2 Å². The van der Waals surface area contributed by atoms with Crippen molar-refractivity contribution >= 4 is 11.8 Å². The van der Waals surface area contributed by atoms with Crippen LogP contribution in [0.1, 0.15) is 43.9 Å². The quantitative estimate of drug-likeness (QED) is 0.697. The maximum atomic E-state index is 13.0. The average Bonchev–Trinajstić information content (AvgIpc) is 2.72. The fraction of sp³-hybridized carbons (Fsp3) is 0.417. The lowest BCUT2D eigenvalue weighted by atomic mass is 10.1. The number of carbonyl (C=O) groups excluding carboxylic acids is 2. The second kappa shape index (κ2) is 10.6. The van der Waals surface area contributed by atoms with Crippen molar-refractivity contribution in [3.8, 4) is 5.75 Å². The lowest BCUT2D eigenvalue weighted by Crippen LogP contribution is -2.50. The van der Waals surface area contributed by atoms with Crippen LogP contribution in [0.4, 0.5) is 0 Å². The largest absolute Gasteiger partial charge is 0.484 e. The van der Waals surface area contributed by atoms with Gasteiger partial charge in [0, 0.05) is 12.6 Å². The summed E-state index contributed by atoms with van der Waals surface area (Å²) in [6.45, 7) is 10.0. The Bertz CT molecular complexity index is 820. The maximum absolute atomic E-state index is 13.0. The molecule has 0 aliphatic heterocycles. The molecule has 0 heterocycles. The Labute approximate surface area is 174 Å².